The Hall–Kier alpha value is -2.34. The number of hydrogen-bond acceptors (Lipinski definition) is 5. The predicted molar refractivity (Wildman–Crippen MR) is 72.3 cm³/mol. The number of fused-ring (bicyclic) bond motifs is 1. The molecule has 0 aliphatic heterocycles. The molecule has 0 radical (unpaired) electrons. The number of aromatic nitrogens is 3. The van der Waals surface area contributed by atoms with Crippen LogP contribution in [0.1, 0.15) is 15.4 Å². The van der Waals surface area contributed by atoms with Gasteiger partial charge >= 0.3 is 5.97 Å². The van der Waals surface area contributed by atoms with Gasteiger partial charge in [-0.3, -0.25) is 9.97 Å². The van der Waals surface area contributed by atoms with Gasteiger partial charge in [0, 0.05) is 22.8 Å². The maximum absolute atomic E-state index is 11.0. The summed E-state index contributed by atoms with van der Waals surface area (Å²) in [6, 6.07) is 5.60. The number of carboxylic acids is 1. The van der Waals surface area contributed by atoms with Crippen molar-refractivity contribution < 1.29 is 9.90 Å². The maximum atomic E-state index is 11.0. The minimum atomic E-state index is -0.999. The van der Waals surface area contributed by atoms with E-state index in [0.29, 0.717) is 9.88 Å². The van der Waals surface area contributed by atoms with Gasteiger partial charge in [-0.15, -0.1) is 11.3 Å². The lowest BCUT2D eigenvalue weighted by Gasteiger charge is -1.98. The summed E-state index contributed by atoms with van der Waals surface area (Å²) in [7, 11) is 0. The van der Waals surface area contributed by atoms with Crippen LogP contribution in [0.4, 0.5) is 0 Å². The van der Waals surface area contributed by atoms with Crippen LogP contribution in [0, 0.1) is 6.92 Å². The normalized spacial score (nSPS) is 10.8. The van der Waals surface area contributed by atoms with Crippen LogP contribution >= 0.6 is 11.3 Å². The molecule has 1 aromatic carbocycles. The molecule has 0 spiro atoms. The molecule has 0 saturated carbocycles. The van der Waals surface area contributed by atoms with Crippen LogP contribution < -0.4 is 0 Å². The second kappa shape index (κ2) is 4.40. The highest BCUT2D eigenvalue weighted by molar-refractivity contribution is 7.15. The molecule has 0 aliphatic rings. The number of benzene rings is 1. The number of rotatable bonds is 2. The van der Waals surface area contributed by atoms with Crippen molar-refractivity contribution in [3.8, 4) is 10.6 Å². The number of hydrogen-bond donors (Lipinski definition) is 1. The molecular weight excluding hydrogens is 262 g/mol. The van der Waals surface area contributed by atoms with Crippen LogP contribution in [-0.2, 0) is 0 Å². The Bertz CT molecular complexity index is 782. The van der Waals surface area contributed by atoms with E-state index in [1.807, 2.05) is 18.2 Å². The fraction of sp³-hybridized carbons (Fsp3) is 0.0769. The van der Waals surface area contributed by atoms with Gasteiger partial charge in [-0.05, 0) is 25.1 Å². The van der Waals surface area contributed by atoms with Gasteiger partial charge in [0.2, 0.25) is 0 Å². The van der Waals surface area contributed by atoms with Gasteiger partial charge in [0.05, 0.1) is 11.0 Å². The number of thiazole rings is 1. The summed E-state index contributed by atoms with van der Waals surface area (Å²) in [4.78, 5) is 24.3. The smallest absolute Gasteiger partial charge is 0.355 e. The first-order valence-electron chi connectivity index (χ1n) is 5.57. The summed E-state index contributed by atoms with van der Waals surface area (Å²) in [6.07, 6.45) is 3.26. The van der Waals surface area contributed by atoms with E-state index in [1.165, 1.54) is 11.3 Å². The molecule has 94 valence electrons. The summed E-state index contributed by atoms with van der Waals surface area (Å²) < 4.78 is 0. The van der Waals surface area contributed by atoms with E-state index in [1.54, 1.807) is 19.3 Å². The zero-order valence-corrected chi connectivity index (χ0v) is 10.8. The Morgan fingerprint density at radius 1 is 1.21 bits per heavy atom. The predicted octanol–water partition coefficient (Wildman–Crippen LogP) is 2.76. The molecule has 0 fully saturated rings. The molecule has 3 rings (SSSR count). The van der Waals surface area contributed by atoms with Crippen molar-refractivity contribution in [2.24, 2.45) is 0 Å². The lowest BCUT2D eigenvalue weighted by molar-refractivity contribution is 0.0690. The number of carboxylic acid groups (broad SMARTS) is 1. The van der Waals surface area contributed by atoms with Crippen LogP contribution in [0.3, 0.4) is 0 Å². The lowest BCUT2D eigenvalue weighted by Crippen LogP contribution is -1.98. The fourth-order valence-electron chi connectivity index (χ4n) is 1.81. The SMILES string of the molecule is Cc1sc(-c2ccc3nccnc3c2)nc1C(=O)O. The van der Waals surface area contributed by atoms with Crippen molar-refractivity contribution in [1.82, 2.24) is 15.0 Å². The van der Waals surface area contributed by atoms with E-state index in [2.05, 4.69) is 15.0 Å². The van der Waals surface area contributed by atoms with Crippen molar-refractivity contribution in [3.05, 3.63) is 41.2 Å². The van der Waals surface area contributed by atoms with E-state index < -0.39 is 5.97 Å². The number of aryl methyl sites for hydroxylation is 1. The Morgan fingerprint density at radius 2 is 1.95 bits per heavy atom. The highest BCUT2D eigenvalue weighted by Gasteiger charge is 2.15. The fourth-order valence-corrected chi connectivity index (χ4v) is 2.72. The monoisotopic (exact) mass is 271 g/mol. The molecular formula is C13H9N3O2S. The molecule has 0 aliphatic carbocycles. The molecule has 6 heteroatoms. The van der Waals surface area contributed by atoms with Gasteiger partial charge in [-0.1, -0.05) is 0 Å². The zero-order chi connectivity index (χ0) is 13.4. The molecule has 0 saturated heterocycles. The number of carbonyl (C=O) groups is 1. The average Bonchev–Trinajstić information content (AvgIpc) is 2.80. The first-order chi connectivity index (χ1) is 9.15. The first kappa shape index (κ1) is 11.7. The van der Waals surface area contributed by atoms with E-state index >= 15 is 0 Å². The van der Waals surface area contributed by atoms with Crippen LogP contribution in [0.5, 0.6) is 0 Å². The van der Waals surface area contributed by atoms with E-state index in [9.17, 15) is 4.79 Å². The third kappa shape index (κ3) is 2.06. The standard InChI is InChI=1S/C13H9N3O2S/c1-7-11(13(17)18)16-12(19-7)8-2-3-9-10(6-8)15-5-4-14-9/h2-6H,1H3,(H,17,18). The summed E-state index contributed by atoms with van der Waals surface area (Å²) in [5.41, 5.74) is 2.54. The molecule has 0 bridgehead atoms. The van der Waals surface area contributed by atoms with Gasteiger partial charge in [-0.2, -0.15) is 0 Å². The zero-order valence-electron chi connectivity index (χ0n) is 9.99. The van der Waals surface area contributed by atoms with Gasteiger partial charge < -0.3 is 5.11 Å². The number of aromatic carboxylic acids is 1. The van der Waals surface area contributed by atoms with Crippen LogP contribution in [0.2, 0.25) is 0 Å². The number of nitrogens with zero attached hydrogens (tertiary/aromatic N) is 3. The summed E-state index contributed by atoms with van der Waals surface area (Å²) in [5.74, 6) is -0.999. The molecule has 19 heavy (non-hydrogen) atoms. The minimum absolute atomic E-state index is 0.110. The highest BCUT2D eigenvalue weighted by Crippen LogP contribution is 2.29. The highest BCUT2D eigenvalue weighted by atomic mass is 32.1. The van der Waals surface area contributed by atoms with Crippen molar-refractivity contribution in [1.29, 1.82) is 0 Å². The average molecular weight is 271 g/mol. The second-order valence-electron chi connectivity index (χ2n) is 3.99. The molecule has 3 aromatic rings. The third-order valence-corrected chi connectivity index (χ3v) is 3.74. The molecule has 2 aromatic heterocycles. The Balaban J connectivity index is 2.13. The molecule has 5 nitrogen and oxygen atoms in total. The molecule has 2 heterocycles. The first-order valence-corrected chi connectivity index (χ1v) is 6.38. The van der Waals surface area contributed by atoms with Crippen LogP contribution in [-0.4, -0.2) is 26.0 Å². The van der Waals surface area contributed by atoms with Crippen molar-refractivity contribution in [2.75, 3.05) is 0 Å². The Kier molecular flexibility index (Phi) is 2.72. The summed E-state index contributed by atoms with van der Waals surface area (Å²) in [5, 5.41) is 9.70. The van der Waals surface area contributed by atoms with Gasteiger partial charge in [0.25, 0.3) is 0 Å². The largest absolute Gasteiger partial charge is 0.476 e. The topological polar surface area (TPSA) is 76.0 Å². The molecule has 1 N–H and O–H groups in total. The van der Waals surface area contributed by atoms with Gasteiger partial charge in [0.1, 0.15) is 5.01 Å². The minimum Gasteiger partial charge on any atom is -0.476 e. The Labute approximate surface area is 112 Å². The van der Waals surface area contributed by atoms with Crippen LogP contribution in [0.15, 0.2) is 30.6 Å². The summed E-state index contributed by atoms with van der Waals surface area (Å²) >= 11 is 1.36. The van der Waals surface area contributed by atoms with Crippen molar-refractivity contribution >= 4 is 28.3 Å². The Morgan fingerprint density at radius 3 is 2.63 bits per heavy atom. The maximum Gasteiger partial charge on any atom is 0.355 e. The third-order valence-electron chi connectivity index (χ3n) is 2.72. The quantitative estimate of drug-likeness (QED) is 0.775. The van der Waals surface area contributed by atoms with Gasteiger partial charge in [-0.25, -0.2) is 9.78 Å². The second-order valence-corrected chi connectivity index (χ2v) is 5.19. The summed E-state index contributed by atoms with van der Waals surface area (Å²) in [6.45, 7) is 1.76. The van der Waals surface area contributed by atoms with Crippen LogP contribution in [0.25, 0.3) is 21.6 Å². The van der Waals surface area contributed by atoms with Crippen molar-refractivity contribution in [2.45, 2.75) is 6.92 Å². The van der Waals surface area contributed by atoms with Crippen molar-refractivity contribution in [3.63, 3.8) is 0 Å². The van der Waals surface area contributed by atoms with E-state index in [-0.39, 0.29) is 5.69 Å². The van der Waals surface area contributed by atoms with E-state index in [4.69, 9.17) is 5.11 Å². The van der Waals surface area contributed by atoms with E-state index in [0.717, 1.165) is 16.6 Å². The molecule has 0 atom stereocenters. The van der Waals surface area contributed by atoms with Gasteiger partial charge in [0.15, 0.2) is 5.69 Å². The lowest BCUT2D eigenvalue weighted by atomic mass is 10.2. The molecule has 0 unspecified atom stereocenters. The molecule has 0 amide bonds.